The number of hydrogen-bond acceptors (Lipinski definition) is 4. The van der Waals surface area contributed by atoms with Gasteiger partial charge in [-0.3, -0.25) is 0 Å². The van der Waals surface area contributed by atoms with Gasteiger partial charge in [-0.2, -0.15) is 0 Å². The molecule has 0 saturated carbocycles. The summed E-state index contributed by atoms with van der Waals surface area (Å²) >= 11 is 0. The van der Waals surface area contributed by atoms with Crippen molar-refractivity contribution in [2.75, 3.05) is 6.61 Å². The van der Waals surface area contributed by atoms with Gasteiger partial charge in [-0.15, -0.1) is 9.42 Å². The van der Waals surface area contributed by atoms with Gasteiger partial charge >= 0.3 is 14.2 Å². The van der Waals surface area contributed by atoms with Gasteiger partial charge in [0.15, 0.2) is 5.60 Å². The predicted molar refractivity (Wildman–Crippen MR) is 69.2 cm³/mol. The lowest BCUT2D eigenvalue weighted by molar-refractivity contribution is -0.146. The number of ether oxygens (including phenoxy) is 1. The average Bonchev–Trinajstić information content (AvgIpc) is 2.25. The maximum absolute atomic E-state index is 11.4. The van der Waals surface area contributed by atoms with Gasteiger partial charge in [0.1, 0.15) is 6.61 Å². The van der Waals surface area contributed by atoms with E-state index >= 15 is 0 Å². The van der Waals surface area contributed by atoms with Crippen LogP contribution in [-0.2, 0) is 18.6 Å². The lowest BCUT2D eigenvalue weighted by Crippen LogP contribution is -2.37. The Hall–Kier alpha value is -0.770. The second-order valence-corrected chi connectivity index (χ2v) is 5.03. The first-order valence-electron chi connectivity index (χ1n) is 6.04. The predicted octanol–water partition coefficient (Wildman–Crippen LogP) is 3.11. The summed E-state index contributed by atoms with van der Waals surface area (Å²) in [6, 6.07) is 0. The largest absolute Gasteiger partial charge is 0.695 e. The highest BCUT2D eigenvalue weighted by Gasteiger charge is 2.40. The molecule has 5 nitrogen and oxygen atoms in total. The molecule has 0 aromatic heterocycles. The molecule has 0 fully saturated rings. The number of carbonyl (C=O) groups excluding carboxylic acids is 1. The summed E-state index contributed by atoms with van der Waals surface area (Å²) in [5, 5.41) is 0. The molecule has 1 N–H and O–H groups in total. The minimum Gasteiger partial charge on any atom is -0.459 e. The van der Waals surface area contributed by atoms with Crippen molar-refractivity contribution in [3.63, 3.8) is 0 Å². The molecule has 1 atom stereocenters. The van der Waals surface area contributed by atoms with E-state index in [1.165, 1.54) is 0 Å². The summed E-state index contributed by atoms with van der Waals surface area (Å²) in [5.74, 6) is -0.511. The van der Waals surface area contributed by atoms with Crippen LogP contribution >= 0.6 is 8.25 Å². The van der Waals surface area contributed by atoms with E-state index < -0.39 is 19.8 Å². The Morgan fingerprint density at radius 2 is 1.83 bits per heavy atom. The number of rotatable bonds is 9. The summed E-state index contributed by atoms with van der Waals surface area (Å²) in [6.07, 6.45) is 2.67. The van der Waals surface area contributed by atoms with E-state index in [0.29, 0.717) is 18.4 Å². The molecule has 0 heterocycles. The smallest absolute Gasteiger partial charge is 0.459 e. The Morgan fingerprint density at radius 3 is 2.17 bits per heavy atom. The van der Waals surface area contributed by atoms with E-state index in [0.717, 1.165) is 12.8 Å². The third kappa shape index (κ3) is 6.24. The van der Waals surface area contributed by atoms with Crippen molar-refractivity contribution < 1.29 is 23.5 Å². The molecule has 0 amide bonds. The summed E-state index contributed by atoms with van der Waals surface area (Å²) in [4.78, 5) is 20.3. The van der Waals surface area contributed by atoms with E-state index in [4.69, 9.17) is 14.2 Å². The third-order valence-corrected chi connectivity index (χ3v) is 3.04. The summed E-state index contributed by atoms with van der Waals surface area (Å²) in [6.45, 7) is 8.90. The standard InChI is InChI=1S/C12H21O5P/c1-5-7-12(8-6-2,17-18(14)15)9-16-11(13)10(3)4/h3,5-9H2,1-2,4H3/p+1. The van der Waals surface area contributed by atoms with Crippen LogP contribution in [0, 0.1) is 0 Å². The molecule has 18 heavy (non-hydrogen) atoms. The highest BCUT2D eigenvalue weighted by Crippen LogP contribution is 2.34. The fraction of sp³-hybridized carbons (Fsp3) is 0.750. The molecule has 0 bridgehead atoms. The fourth-order valence-electron chi connectivity index (χ4n) is 1.78. The Balaban J connectivity index is 4.75. The fourth-order valence-corrected chi connectivity index (χ4v) is 2.35. The average molecular weight is 277 g/mol. The molecule has 0 aliphatic heterocycles. The molecule has 0 aliphatic rings. The van der Waals surface area contributed by atoms with Crippen LogP contribution in [0.1, 0.15) is 46.5 Å². The maximum atomic E-state index is 11.4. The van der Waals surface area contributed by atoms with E-state index in [2.05, 4.69) is 6.58 Å². The van der Waals surface area contributed by atoms with Crippen LogP contribution in [0.15, 0.2) is 12.2 Å². The van der Waals surface area contributed by atoms with Crippen LogP contribution in [0.3, 0.4) is 0 Å². The minimum absolute atomic E-state index is 0.0258. The van der Waals surface area contributed by atoms with Crippen molar-refractivity contribution >= 4 is 14.2 Å². The van der Waals surface area contributed by atoms with Crippen molar-refractivity contribution in [1.29, 1.82) is 0 Å². The molecule has 0 aromatic rings. The van der Waals surface area contributed by atoms with Crippen LogP contribution in [0.5, 0.6) is 0 Å². The Kier molecular flexibility index (Phi) is 8.00. The molecular weight excluding hydrogens is 255 g/mol. The van der Waals surface area contributed by atoms with E-state index in [1.807, 2.05) is 13.8 Å². The van der Waals surface area contributed by atoms with Crippen LogP contribution in [0.25, 0.3) is 0 Å². The molecule has 0 aliphatic carbocycles. The first-order chi connectivity index (χ1) is 8.37. The van der Waals surface area contributed by atoms with Crippen molar-refractivity contribution in [3.8, 4) is 0 Å². The Morgan fingerprint density at radius 1 is 1.33 bits per heavy atom. The number of hydrogen-bond donors (Lipinski definition) is 1. The third-order valence-electron chi connectivity index (χ3n) is 2.50. The Bertz CT molecular complexity index is 308. The number of carbonyl (C=O) groups is 1. The van der Waals surface area contributed by atoms with Crippen LogP contribution in [0.4, 0.5) is 0 Å². The molecule has 0 aromatic carbocycles. The van der Waals surface area contributed by atoms with Crippen molar-refractivity contribution in [2.24, 2.45) is 0 Å². The van der Waals surface area contributed by atoms with Crippen molar-refractivity contribution in [3.05, 3.63) is 12.2 Å². The van der Waals surface area contributed by atoms with Crippen LogP contribution in [-0.4, -0.2) is 23.1 Å². The van der Waals surface area contributed by atoms with Gasteiger partial charge in [-0.05, 0) is 19.8 Å². The normalized spacial score (nSPS) is 12.1. The molecule has 6 heteroatoms. The zero-order chi connectivity index (χ0) is 14.2. The van der Waals surface area contributed by atoms with Crippen LogP contribution < -0.4 is 0 Å². The molecular formula is C12H22O5P+. The summed E-state index contributed by atoms with van der Waals surface area (Å²) in [7, 11) is -2.72. The SMILES string of the molecule is C=C(C)C(=O)OCC(CCC)(CCC)O[P+](=O)O. The second kappa shape index (κ2) is 8.35. The van der Waals surface area contributed by atoms with Gasteiger partial charge in [0.25, 0.3) is 0 Å². The molecule has 0 rings (SSSR count). The van der Waals surface area contributed by atoms with Gasteiger partial charge in [-0.25, -0.2) is 4.79 Å². The molecule has 0 saturated heterocycles. The topological polar surface area (TPSA) is 72.8 Å². The summed E-state index contributed by atoms with van der Waals surface area (Å²) in [5.41, 5.74) is -0.582. The quantitative estimate of drug-likeness (QED) is 0.398. The Labute approximate surface area is 109 Å². The lowest BCUT2D eigenvalue weighted by atomic mass is 9.94. The van der Waals surface area contributed by atoms with Gasteiger partial charge < -0.3 is 4.74 Å². The van der Waals surface area contributed by atoms with Crippen molar-refractivity contribution in [1.82, 2.24) is 0 Å². The van der Waals surface area contributed by atoms with Crippen molar-refractivity contribution in [2.45, 2.75) is 52.1 Å². The minimum atomic E-state index is -2.72. The van der Waals surface area contributed by atoms with Gasteiger partial charge in [-0.1, -0.05) is 33.3 Å². The van der Waals surface area contributed by atoms with Gasteiger partial charge in [0.05, 0.1) is 0 Å². The molecule has 104 valence electrons. The zero-order valence-corrected chi connectivity index (χ0v) is 12.2. The summed E-state index contributed by atoms with van der Waals surface area (Å²) < 4.78 is 21.1. The van der Waals surface area contributed by atoms with Gasteiger partial charge in [0.2, 0.25) is 0 Å². The van der Waals surface area contributed by atoms with E-state index in [-0.39, 0.29) is 6.61 Å². The first-order valence-corrected chi connectivity index (χ1v) is 7.17. The lowest BCUT2D eigenvalue weighted by Gasteiger charge is -2.26. The maximum Gasteiger partial charge on any atom is 0.695 e. The molecule has 0 radical (unpaired) electrons. The monoisotopic (exact) mass is 277 g/mol. The highest BCUT2D eigenvalue weighted by molar-refractivity contribution is 7.32. The van der Waals surface area contributed by atoms with E-state index in [9.17, 15) is 9.36 Å². The van der Waals surface area contributed by atoms with E-state index in [1.54, 1.807) is 6.92 Å². The second-order valence-electron chi connectivity index (χ2n) is 4.37. The van der Waals surface area contributed by atoms with Crippen LogP contribution in [0.2, 0.25) is 0 Å². The van der Waals surface area contributed by atoms with Gasteiger partial charge in [0, 0.05) is 10.1 Å². The molecule has 0 spiro atoms. The number of esters is 1. The first kappa shape index (κ1) is 17.2. The highest BCUT2D eigenvalue weighted by atomic mass is 31.1. The zero-order valence-electron chi connectivity index (χ0n) is 11.3. The molecule has 1 unspecified atom stereocenters.